The zero-order valence-corrected chi connectivity index (χ0v) is 21.0. The van der Waals surface area contributed by atoms with E-state index in [0.29, 0.717) is 24.8 Å². The van der Waals surface area contributed by atoms with Gasteiger partial charge in [-0.3, -0.25) is 9.69 Å². The van der Waals surface area contributed by atoms with Gasteiger partial charge in [0.25, 0.3) is 0 Å². The van der Waals surface area contributed by atoms with Gasteiger partial charge in [0, 0.05) is 24.1 Å². The quantitative estimate of drug-likeness (QED) is 0.562. The molecule has 2 unspecified atom stereocenters. The van der Waals surface area contributed by atoms with E-state index in [9.17, 15) is 4.79 Å². The number of hydrogen-bond acceptors (Lipinski definition) is 6. The van der Waals surface area contributed by atoms with E-state index < -0.39 is 0 Å². The predicted molar refractivity (Wildman–Crippen MR) is 134 cm³/mol. The van der Waals surface area contributed by atoms with Gasteiger partial charge in [0.2, 0.25) is 17.6 Å². The standard InChI is InChI=1S/C28H34N4O3/c1-18-7-5-8-20(13-18)26-30-25(35-31-26)17-32-12-6-9-21(16-32)27(33)29-23-15-28(3,4)34-24-14-19(2)10-11-22(23)24/h5,7-8,10-11,13-14,21,23H,6,9,12,15-17H2,1-4H3,(H,29,33). The lowest BCUT2D eigenvalue weighted by molar-refractivity contribution is -0.128. The van der Waals surface area contributed by atoms with Gasteiger partial charge in [0.1, 0.15) is 11.4 Å². The highest BCUT2D eigenvalue weighted by Gasteiger charge is 2.36. The lowest BCUT2D eigenvalue weighted by atomic mass is 9.88. The van der Waals surface area contributed by atoms with Crippen molar-refractivity contribution >= 4 is 5.91 Å². The van der Waals surface area contributed by atoms with Gasteiger partial charge in [-0.15, -0.1) is 0 Å². The molecule has 2 aliphatic heterocycles. The molecule has 184 valence electrons. The molecular weight excluding hydrogens is 440 g/mol. The maximum atomic E-state index is 13.3. The number of piperidine rings is 1. The monoisotopic (exact) mass is 474 g/mol. The number of rotatable bonds is 5. The molecule has 0 radical (unpaired) electrons. The molecule has 2 aromatic carbocycles. The van der Waals surface area contributed by atoms with Crippen LogP contribution in [0.3, 0.4) is 0 Å². The Bertz CT molecular complexity index is 1220. The SMILES string of the molecule is Cc1cccc(-c2noc(CN3CCCC(C(=O)NC4CC(C)(C)Oc5cc(C)ccc54)C3)n2)c1. The summed E-state index contributed by atoms with van der Waals surface area (Å²) in [5.41, 5.74) is 3.99. The second-order valence-corrected chi connectivity index (χ2v) is 10.6. The molecule has 2 atom stereocenters. The van der Waals surface area contributed by atoms with E-state index in [1.807, 2.05) is 31.2 Å². The number of amides is 1. The third kappa shape index (κ3) is 5.40. The van der Waals surface area contributed by atoms with Crippen LogP contribution >= 0.6 is 0 Å². The van der Waals surface area contributed by atoms with E-state index in [1.165, 1.54) is 0 Å². The van der Waals surface area contributed by atoms with Gasteiger partial charge in [0.15, 0.2) is 0 Å². The number of aromatic nitrogens is 2. The number of hydrogen-bond donors (Lipinski definition) is 1. The van der Waals surface area contributed by atoms with Crippen molar-refractivity contribution in [2.24, 2.45) is 5.92 Å². The van der Waals surface area contributed by atoms with Gasteiger partial charge in [-0.1, -0.05) is 41.1 Å². The molecule has 1 fully saturated rings. The van der Waals surface area contributed by atoms with Crippen molar-refractivity contribution in [3.05, 3.63) is 65.0 Å². The zero-order valence-electron chi connectivity index (χ0n) is 21.0. The summed E-state index contributed by atoms with van der Waals surface area (Å²) in [6, 6.07) is 14.2. The van der Waals surface area contributed by atoms with E-state index >= 15 is 0 Å². The molecule has 3 aromatic rings. The number of benzene rings is 2. The number of nitrogens with one attached hydrogen (secondary N) is 1. The summed E-state index contributed by atoms with van der Waals surface area (Å²) in [7, 11) is 0. The van der Waals surface area contributed by atoms with E-state index in [4.69, 9.17) is 9.26 Å². The number of likely N-dealkylation sites (tertiary alicyclic amines) is 1. The van der Waals surface area contributed by atoms with Crippen LogP contribution in [0, 0.1) is 19.8 Å². The first kappa shape index (κ1) is 23.5. The molecule has 3 heterocycles. The van der Waals surface area contributed by atoms with Gasteiger partial charge in [0.05, 0.1) is 18.5 Å². The van der Waals surface area contributed by atoms with Crippen molar-refractivity contribution in [1.82, 2.24) is 20.4 Å². The van der Waals surface area contributed by atoms with Crippen LogP contribution in [0.4, 0.5) is 0 Å². The summed E-state index contributed by atoms with van der Waals surface area (Å²) in [6.07, 6.45) is 2.59. The molecule has 0 saturated carbocycles. The van der Waals surface area contributed by atoms with Crippen molar-refractivity contribution in [2.45, 2.75) is 65.1 Å². The van der Waals surface area contributed by atoms with Crippen LogP contribution in [-0.2, 0) is 11.3 Å². The number of fused-ring (bicyclic) bond motifs is 1. The number of carbonyl (C=O) groups excluding carboxylic acids is 1. The molecule has 1 saturated heterocycles. The molecule has 7 nitrogen and oxygen atoms in total. The zero-order chi connectivity index (χ0) is 24.6. The van der Waals surface area contributed by atoms with Crippen molar-refractivity contribution < 1.29 is 14.1 Å². The van der Waals surface area contributed by atoms with Crippen LogP contribution in [0.2, 0.25) is 0 Å². The Morgan fingerprint density at radius 3 is 2.83 bits per heavy atom. The highest BCUT2D eigenvalue weighted by molar-refractivity contribution is 5.79. The molecule has 0 aliphatic carbocycles. The summed E-state index contributed by atoms with van der Waals surface area (Å²) in [5, 5.41) is 7.50. The summed E-state index contributed by atoms with van der Waals surface area (Å²) >= 11 is 0. The number of carbonyl (C=O) groups is 1. The van der Waals surface area contributed by atoms with E-state index in [2.05, 4.69) is 59.3 Å². The molecule has 5 rings (SSSR count). The Balaban J connectivity index is 1.23. The number of aryl methyl sites for hydroxylation is 2. The van der Waals surface area contributed by atoms with Crippen molar-refractivity contribution in [2.75, 3.05) is 13.1 Å². The van der Waals surface area contributed by atoms with Crippen LogP contribution in [-0.4, -0.2) is 39.6 Å². The Morgan fingerprint density at radius 1 is 1.17 bits per heavy atom. The van der Waals surface area contributed by atoms with Gasteiger partial charge in [-0.25, -0.2) is 0 Å². The fourth-order valence-corrected chi connectivity index (χ4v) is 5.20. The Hall–Kier alpha value is -3.19. The van der Waals surface area contributed by atoms with Gasteiger partial charge in [-0.05, 0) is 64.8 Å². The first-order valence-electron chi connectivity index (χ1n) is 12.5. The molecule has 7 heteroatoms. The number of ether oxygens (including phenoxy) is 1. The molecular formula is C28H34N4O3. The maximum Gasteiger partial charge on any atom is 0.241 e. The van der Waals surface area contributed by atoms with Crippen LogP contribution < -0.4 is 10.1 Å². The van der Waals surface area contributed by atoms with Gasteiger partial charge in [-0.2, -0.15) is 4.98 Å². The highest BCUT2D eigenvalue weighted by Crippen LogP contribution is 2.40. The van der Waals surface area contributed by atoms with E-state index in [1.54, 1.807) is 0 Å². The Morgan fingerprint density at radius 2 is 2.00 bits per heavy atom. The van der Waals surface area contributed by atoms with Gasteiger partial charge < -0.3 is 14.6 Å². The van der Waals surface area contributed by atoms with Crippen LogP contribution in [0.15, 0.2) is 47.0 Å². The fraction of sp³-hybridized carbons (Fsp3) is 0.464. The molecule has 1 aromatic heterocycles. The molecule has 35 heavy (non-hydrogen) atoms. The maximum absolute atomic E-state index is 13.3. The smallest absolute Gasteiger partial charge is 0.241 e. The molecule has 1 amide bonds. The minimum absolute atomic E-state index is 0.0509. The Labute approximate surface area is 206 Å². The second-order valence-electron chi connectivity index (χ2n) is 10.6. The van der Waals surface area contributed by atoms with Crippen molar-refractivity contribution in [1.29, 1.82) is 0 Å². The van der Waals surface area contributed by atoms with Crippen LogP contribution in [0.5, 0.6) is 5.75 Å². The second kappa shape index (κ2) is 9.46. The van der Waals surface area contributed by atoms with Gasteiger partial charge >= 0.3 is 0 Å². The van der Waals surface area contributed by atoms with Crippen molar-refractivity contribution in [3.63, 3.8) is 0 Å². The summed E-state index contributed by atoms with van der Waals surface area (Å²) in [4.78, 5) is 20.2. The first-order chi connectivity index (χ1) is 16.8. The Kier molecular flexibility index (Phi) is 6.36. The molecule has 2 aliphatic rings. The molecule has 0 spiro atoms. The largest absolute Gasteiger partial charge is 0.487 e. The highest BCUT2D eigenvalue weighted by atomic mass is 16.5. The molecule has 0 bridgehead atoms. The molecule has 1 N–H and O–H groups in total. The predicted octanol–water partition coefficient (Wildman–Crippen LogP) is 4.98. The lowest BCUT2D eigenvalue weighted by Crippen LogP contribution is -2.46. The summed E-state index contributed by atoms with van der Waals surface area (Å²) < 4.78 is 11.7. The summed E-state index contributed by atoms with van der Waals surface area (Å²) in [5.74, 6) is 2.10. The fourth-order valence-electron chi connectivity index (χ4n) is 5.20. The van der Waals surface area contributed by atoms with Crippen LogP contribution in [0.25, 0.3) is 11.4 Å². The lowest BCUT2D eigenvalue weighted by Gasteiger charge is -2.39. The third-order valence-corrected chi connectivity index (χ3v) is 6.92. The number of nitrogens with zero attached hydrogens (tertiary/aromatic N) is 3. The minimum Gasteiger partial charge on any atom is -0.487 e. The third-order valence-electron chi connectivity index (χ3n) is 6.92. The topological polar surface area (TPSA) is 80.5 Å². The van der Waals surface area contributed by atoms with Crippen LogP contribution in [0.1, 0.15) is 61.7 Å². The minimum atomic E-state index is -0.329. The average molecular weight is 475 g/mol. The first-order valence-corrected chi connectivity index (χ1v) is 12.5. The van der Waals surface area contributed by atoms with Crippen molar-refractivity contribution in [3.8, 4) is 17.1 Å². The average Bonchev–Trinajstić information content (AvgIpc) is 3.26. The summed E-state index contributed by atoms with van der Waals surface area (Å²) in [6.45, 7) is 10.4. The normalized spacial score (nSPS) is 21.7. The van der Waals surface area contributed by atoms with E-state index in [-0.39, 0.29) is 23.5 Å². The van der Waals surface area contributed by atoms with E-state index in [0.717, 1.165) is 53.8 Å².